The van der Waals surface area contributed by atoms with Crippen molar-refractivity contribution < 1.29 is 9.59 Å². The third kappa shape index (κ3) is 11.1. The van der Waals surface area contributed by atoms with Crippen LogP contribution < -0.4 is 22.1 Å². The molecule has 0 unspecified atom stereocenters. The first-order valence-electron chi connectivity index (χ1n) is 5.58. The van der Waals surface area contributed by atoms with Gasteiger partial charge in [-0.25, -0.2) is 0 Å². The highest BCUT2D eigenvalue weighted by atomic mass is 16.1. The number of amides is 1. The van der Waals surface area contributed by atoms with E-state index < -0.39 is 0 Å². The largest absolute Gasteiger partial charge is 0.370 e. The summed E-state index contributed by atoms with van der Waals surface area (Å²) in [6, 6.07) is 0. The summed E-state index contributed by atoms with van der Waals surface area (Å²) in [7, 11) is 0. The van der Waals surface area contributed by atoms with Gasteiger partial charge in [-0.05, 0) is 19.4 Å². The molecule has 0 aromatic rings. The van der Waals surface area contributed by atoms with Crippen molar-refractivity contribution in [2.75, 3.05) is 26.3 Å². The summed E-state index contributed by atoms with van der Waals surface area (Å²) in [6.45, 7) is 1.86. The molecule has 0 rings (SSSR count). The lowest BCUT2D eigenvalue weighted by molar-refractivity contribution is -0.118. The second-order valence-corrected chi connectivity index (χ2v) is 3.62. The quantitative estimate of drug-likeness (QED) is 0.260. The summed E-state index contributed by atoms with van der Waals surface area (Å²) >= 11 is 0. The molecule has 0 aliphatic rings. The number of Topliss-reactive ketones (excluding diaryl/α,β-unsaturated/α-hetero) is 1. The van der Waals surface area contributed by atoms with Crippen LogP contribution in [0.4, 0.5) is 0 Å². The summed E-state index contributed by atoms with van der Waals surface area (Å²) in [5, 5.41) is 6.06. The molecule has 0 aromatic carbocycles. The third-order valence-electron chi connectivity index (χ3n) is 2.08. The summed E-state index contributed by atoms with van der Waals surface area (Å²) in [5.41, 5.74) is 10.2. The van der Waals surface area contributed by atoms with E-state index in [1.165, 1.54) is 0 Å². The van der Waals surface area contributed by atoms with Crippen molar-refractivity contribution in [3.8, 4) is 0 Å². The van der Waals surface area contributed by atoms with Crippen LogP contribution in [0.15, 0.2) is 0 Å². The molecule has 6 N–H and O–H groups in total. The van der Waals surface area contributed by atoms with Crippen LogP contribution in [-0.2, 0) is 9.59 Å². The van der Waals surface area contributed by atoms with E-state index in [2.05, 4.69) is 10.6 Å². The molecule has 0 atom stereocenters. The molecule has 16 heavy (non-hydrogen) atoms. The fourth-order valence-corrected chi connectivity index (χ4v) is 1.18. The van der Waals surface area contributed by atoms with Gasteiger partial charge >= 0.3 is 0 Å². The average molecular weight is 230 g/mol. The van der Waals surface area contributed by atoms with E-state index in [1.54, 1.807) is 0 Å². The molecule has 94 valence electrons. The van der Waals surface area contributed by atoms with Gasteiger partial charge in [0.25, 0.3) is 0 Å². The standard InChI is InChI=1S/C10H22N4O2/c11-6-9(15)7-14-8-13-5-3-1-2-4-10(12)16/h13-14H,1-8,11H2,(H2,12,16). The van der Waals surface area contributed by atoms with Gasteiger partial charge < -0.3 is 16.8 Å². The predicted octanol–water partition coefficient (Wildman–Crippen LogP) is -1.30. The Hall–Kier alpha value is -0.980. The van der Waals surface area contributed by atoms with E-state index in [0.717, 1.165) is 25.8 Å². The minimum atomic E-state index is -0.241. The topological polar surface area (TPSA) is 110 Å². The zero-order valence-electron chi connectivity index (χ0n) is 9.63. The summed E-state index contributed by atoms with van der Waals surface area (Å²) < 4.78 is 0. The van der Waals surface area contributed by atoms with Crippen molar-refractivity contribution in [3.63, 3.8) is 0 Å². The van der Waals surface area contributed by atoms with Gasteiger partial charge in [0, 0.05) is 13.1 Å². The van der Waals surface area contributed by atoms with Gasteiger partial charge in [-0.1, -0.05) is 6.42 Å². The first-order valence-corrected chi connectivity index (χ1v) is 5.58. The van der Waals surface area contributed by atoms with Crippen LogP contribution in [0.3, 0.4) is 0 Å². The highest BCUT2D eigenvalue weighted by Gasteiger charge is 1.96. The number of unbranched alkanes of at least 4 members (excludes halogenated alkanes) is 2. The number of nitrogens with two attached hydrogens (primary N) is 2. The van der Waals surface area contributed by atoms with Gasteiger partial charge in [0.1, 0.15) is 0 Å². The Morgan fingerprint density at radius 3 is 2.44 bits per heavy atom. The van der Waals surface area contributed by atoms with Crippen LogP contribution in [0, 0.1) is 0 Å². The Bertz CT molecular complexity index is 209. The van der Waals surface area contributed by atoms with Crippen LogP contribution in [-0.4, -0.2) is 38.0 Å². The fourth-order valence-electron chi connectivity index (χ4n) is 1.18. The molecule has 6 nitrogen and oxygen atoms in total. The molecule has 0 bridgehead atoms. The monoisotopic (exact) mass is 230 g/mol. The number of carbonyl (C=O) groups excluding carboxylic acids is 2. The van der Waals surface area contributed by atoms with Crippen LogP contribution in [0.5, 0.6) is 0 Å². The van der Waals surface area contributed by atoms with Gasteiger partial charge in [0.2, 0.25) is 5.91 Å². The number of hydrogen-bond donors (Lipinski definition) is 4. The highest BCUT2D eigenvalue weighted by Crippen LogP contribution is 1.97. The molecule has 1 amide bonds. The Morgan fingerprint density at radius 1 is 1.06 bits per heavy atom. The molecule has 0 fully saturated rings. The second kappa shape index (κ2) is 10.5. The maximum Gasteiger partial charge on any atom is 0.217 e. The summed E-state index contributed by atoms with van der Waals surface area (Å²) in [4.78, 5) is 21.2. The Kier molecular flexibility index (Phi) is 9.89. The number of ketones is 1. The lowest BCUT2D eigenvalue weighted by Gasteiger charge is -2.05. The minimum absolute atomic E-state index is 0.00302. The SMILES string of the molecule is NCC(=O)CNCNCCCCCC(N)=O. The lowest BCUT2D eigenvalue weighted by atomic mass is 10.2. The van der Waals surface area contributed by atoms with Gasteiger partial charge in [-0.15, -0.1) is 0 Å². The van der Waals surface area contributed by atoms with Gasteiger partial charge in [-0.3, -0.25) is 14.9 Å². The summed E-state index contributed by atoms with van der Waals surface area (Å²) in [6.07, 6.45) is 3.29. The third-order valence-corrected chi connectivity index (χ3v) is 2.08. The molecule has 0 heterocycles. The minimum Gasteiger partial charge on any atom is -0.370 e. The van der Waals surface area contributed by atoms with Gasteiger partial charge in [0.15, 0.2) is 5.78 Å². The molecule has 0 spiro atoms. The molecule has 0 saturated carbocycles. The normalized spacial score (nSPS) is 10.3. The molecule has 0 aromatic heterocycles. The van der Waals surface area contributed by atoms with Crippen molar-refractivity contribution in [1.29, 1.82) is 0 Å². The number of hydrogen-bond acceptors (Lipinski definition) is 5. The van der Waals surface area contributed by atoms with Crippen LogP contribution >= 0.6 is 0 Å². The first kappa shape index (κ1) is 15.0. The molecule has 0 radical (unpaired) electrons. The number of rotatable bonds is 11. The molecule has 0 saturated heterocycles. The van der Waals surface area contributed by atoms with Crippen molar-refractivity contribution in [3.05, 3.63) is 0 Å². The highest BCUT2D eigenvalue weighted by molar-refractivity contribution is 5.82. The van der Waals surface area contributed by atoms with E-state index in [-0.39, 0.29) is 18.2 Å². The van der Waals surface area contributed by atoms with Crippen molar-refractivity contribution in [2.24, 2.45) is 11.5 Å². The van der Waals surface area contributed by atoms with E-state index in [1.807, 2.05) is 0 Å². The van der Waals surface area contributed by atoms with Gasteiger partial charge in [0.05, 0.1) is 13.1 Å². The van der Waals surface area contributed by atoms with E-state index in [4.69, 9.17) is 11.5 Å². The fraction of sp³-hybridized carbons (Fsp3) is 0.800. The number of primary amides is 1. The molecule has 0 aliphatic carbocycles. The Labute approximate surface area is 96.1 Å². The molecular formula is C10H22N4O2. The van der Waals surface area contributed by atoms with E-state index in [9.17, 15) is 9.59 Å². The van der Waals surface area contributed by atoms with Crippen molar-refractivity contribution in [1.82, 2.24) is 10.6 Å². The molecular weight excluding hydrogens is 208 g/mol. The van der Waals surface area contributed by atoms with E-state index in [0.29, 0.717) is 19.6 Å². The van der Waals surface area contributed by atoms with Crippen molar-refractivity contribution in [2.45, 2.75) is 25.7 Å². The first-order chi connectivity index (χ1) is 7.66. The molecule has 0 aliphatic heterocycles. The van der Waals surface area contributed by atoms with E-state index >= 15 is 0 Å². The van der Waals surface area contributed by atoms with Crippen LogP contribution in [0.25, 0.3) is 0 Å². The Morgan fingerprint density at radius 2 is 1.81 bits per heavy atom. The zero-order valence-corrected chi connectivity index (χ0v) is 9.63. The second-order valence-electron chi connectivity index (χ2n) is 3.62. The van der Waals surface area contributed by atoms with Gasteiger partial charge in [-0.2, -0.15) is 0 Å². The zero-order chi connectivity index (χ0) is 12.2. The average Bonchev–Trinajstić information content (AvgIpc) is 2.26. The maximum atomic E-state index is 10.8. The Balaban J connectivity index is 3.04. The lowest BCUT2D eigenvalue weighted by Crippen LogP contribution is -2.35. The van der Waals surface area contributed by atoms with Crippen molar-refractivity contribution >= 4 is 11.7 Å². The maximum absolute atomic E-state index is 10.8. The summed E-state index contributed by atoms with van der Waals surface area (Å²) in [5.74, 6) is -0.238. The number of carbonyl (C=O) groups is 2. The predicted molar refractivity (Wildman–Crippen MR) is 62.6 cm³/mol. The number of nitrogens with one attached hydrogen (secondary N) is 2. The van der Waals surface area contributed by atoms with Crippen LogP contribution in [0.2, 0.25) is 0 Å². The smallest absolute Gasteiger partial charge is 0.217 e. The van der Waals surface area contributed by atoms with Crippen LogP contribution in [0.1, 0.15) is 25.7 Å². The molecule has 6 heteroatoms.